The van der Waals surface area contributed by atoms with E-state index in [1.165, 1.54) is 0 Å². The highest BCUT2D eigenvalue weighted by Crippen LogP contribution is 2.23. The zero-order valence-corrected chi connectivity index (χ0v) is 19.2. The van der Waals surface area contributed by atoms with E-state index in [-0.39, 0.29) is 17.9 Å². The molecule has 4 aromatic rings. The van der Waals surface area contributed by atoms with Gasteiger partial charge in [-0.1, -0.05) is 36.4 Å². The molecular weight excluding hydrogens is 400 g/mol. The van der Waals surface area contributed by atoms with E-state index in [1.54, 1.807) is 4.68 Å². The van der Waals surface area contributed by atoms with Gasteiger partial charge in [-0.15, -0.1) is 0 Å². The summed E-state index contributed by atoms with van der Waals surface area (Å²) in [4.78, 5) is 28.6. The van der Waals surface area contributed by atoms with Crippen LogP contribution in [0.15, 0.2) is 71.5 Å². The van der Waals surface area contributed by atoms with E-state index in [2.05, 4.69) is 0 Å². The Bertz CT molecular complexity index is 1330. The topological polar surface area (TPSA) is 52.2 Å². The maximum absolute atomic E-state index is 13.5. The number of likely N-dealkylation sites (N-methyl/N-ethyl adjacent to an activating group) is 1. The second-order valence-electron chi connectivity index (χ2n) is 8.15. The summed E-state index contributed by atoms with van der Waals surface area (Å²) in [5, 5.41) is 0. The van der Waals surface area contributed by atoms with Crippen LogP contribution in [-0.2, 0) is 7.05 Å². The molecule has 0 saturated heterocycles. The number of rotatable bonds is 6. The number of carbonyl (C=O) groups is 1. The number of anilines is 1. The molecule has 0 N–H and O–H groups in total. The molecule has 6 heteroatoms. The Kier molecular flexibility index (Phi) is 5.61. The zero-order valence-electron chi connectivity index (χ0n) is 19.2. The second-order valence-corrected chi connectivity index (χ2v) is 8.15. The van der Waals surface area contributed by atoms with Crippen LogP contribution >= 0.6 is 0 Å². The molecule has 0 unspecified atom stereocenters. The lowest BCUT2D eigenvalue weighted by Crippen LogP contribution is -2.26. The molecule has 32 heavy (non-hydrogen) atoms. The van der Waals surface area contributed by atoms with Crippen molar-refractivity contribution in [2.75, 3.05) is 18.5 Å². The highest BCUT2D eigenvalue weighted by molar-refractivity contribution is 6.00. The van der Waals surface area contributed by atoms with Gasteiger partial charge in [0.15, 0.2) is 5.78 Å². The van der Waals surface area contributed by atoms with Crippen LogP contribution in [0, 0.1) is 20.8 Å². The van der Waals surface area contributed by atoms with E-state index >= 15 is 0 Å². The van der Waals surface area contributed by atoms with E-state index in [1.807, 2.05) is 116 Å². The van der Waals surface area contributed by atoms with E-state index in [9.17, 15) is 9.59 Å². The summed E-state index contributed by atoms with van der Waals surface area (Å²) in [7, 11) is 3.79. The predicted molar refractivity (Wildman–Crippen MR) is 129 cm³/mol. The van der Waals surface area contributed by atoms with Gasteiger partial charge in [-0.25, -0.2) is 4.68 Å². The zero-order chi connectivity index (χ0) is 23.0. The summed E-state index contributed by atoms with van der Waals surface area (Å²) in [5.41, 5.74) is 5.36. The summed E-state index contributed by atoms with van der Waals surface area (Å²) in [6, 6.07) is 21.3. The highest BCUT2D eigenvalue weighted by Gasteiger charge is 2.24. The van der Waals surface area contributed by atoms with E-state index in [4.69, 9.17) is 0 Å². The molecule has 0 radical (unpaired) electrons. The molecule has 6 nitrogen and oxygen atoms in total. The average molecular weight is 429 g/mol. The van der Waals surface area contributed by atoms with Gasteiger partial charge < -0.3 is 9.47 Å². The van der Waals surface area contributed by atoms with Gasteiger partial charge in [0.25, 0.3) is 5.56 Å². The molecule has 0 saturated carbocycles. The van der Waals surface area contributed by atoms with Gasteiger partial charge in [0.05, 0.1) is 17.9 Å². The normalized spacial score (nSPS) is 11.0. The first-order valence-electron chi connectivity index (χ1n) is 10.6. The summed E-state index contributed by atoms with van der Waals surface area (Å²) in [6.07, 6.45) is 0. The Balaban J connectivity index is 1.75. The van der Waals surface area contributed by atoms with Crippen LogP contribution in [0.1, 0.15) is 27.4 Å². The van der Waals surface area contributed by atoms with Crippen molar-refractivity contribution < 1.29 is 4.79 Å². The number of carbonyl (C=O) groups excluding carboxylic acids is 1. The number of hydrogen-bond acceptors (Lipinski definition) is 3. The number of aromatic nitrogens is 3. The molecule has 0 fully saturated rings. The van der Waals surface area contributed by atoms with Gasteiger partial charge in [0.2, 0.25) is 0 Å². The van der Waals surface area contributed by atoms with E-state index in [0.717, 1.165) is 28.5 Å². The van der Waals surface area contributed by atoms with Gasteiger partial charge in [-0.3, -0.25) is 14.3 Å². The van der Waals surface area contributed by atoms with Crippen molar-refractivity contribution in [3.05, 3.63) is 99.7 Å². The lowest BCUT2D eigenvalue weighted by molar-refractivity contribution is 0.1000. The number of benzene rings is 2. The third-order valence-electron chi connectivity index (χ3n) is 6.06. The lowest BCUT2D eigenvalue weighted by Gasteiger charge is -2.18. The minimum Gasteiger partial charge on any atom is -0.367 e. The number of aryl methyl sites for hydroxylation is 1. The molecule has 0 aliphatic heterocycles. The Morgan fingerprint density at radius 1 is 0.906 bits per heavy atom. The third kappa shape index (κ3) is 3.58. The molecule has 2 aromatic carbocycles. The van der Waals surface area contributed by atoms with E-state index in [0.29, 0.717) is 11.3 Å². The number of nitrogens with zero attached hydrogens (tertiary/aromatic N) is 4. The molecule has 0 amide bonds. The van der Waals surface area contributed by atoms with Crippen LogP contribution in [0.5, 0.6) is 0 Å². The van der Waals surface area contributed by atoms with Crippen molar-refractivity contribution in [1.29, 1.82) is 0 Å². The number of ketones is 1. The highest BCUT2D eigenvalue weighted by atomic mass is 16.1. The molecule has 0 atom stereocenters. The van der Waals surface area contributed by atoms with Crippen LogP contribution in [0.25, 0.3) is 11.4 Å². The molecule has 0 bridgehead atoms. The summed E-state index contributed by atoms with van der Waals surface area (Å²) < 4.78 is 5.43. The third-order valence-corrected chi connectivity index (χ3v) is 6.06. The Hall–Kier alpha value is -3.80. The minimum absolute atomic E-state index is 0.0210. The molecule has 2 aromatic heterocycles. The Morgan fingerprint density at radius 3 is 2.12 bits per heavy atom. The predicted octanol–water partition coefficient (Wildman–Crippen LogP) is 4.21. The average Bonchev–Trinajstić information content (AvgIpc) is 3.20. The summed E-state index contributed by atoms with van der Waals surface area (Å²) in [6.45, 7) is 6.03. The van der Waals surface area contributed by atoms with Gasteiger partial charge in [0, 0.05) is 36.7 Å². The second kappa shape index (κ2) is 8.38. The molecule has 164 valence electrons. The number of hydrogen-bond donors (Lipinski definition) is 0. The van der Waals surface area contributed by atoms with E-state index < -0.39 is 0 Å². The lowest BCUT2D eigenvalue weighted by atomic mass is 10.1. The number of para-hydroxylation sites is 2. The first-order valence-corrected chi connectivity index (χ1v) is 10.6. The fourth-order valence-electron chi connectivity index (χ4n) is 4.28. The van der Waals surface area contributed by atoms with Gasteiger partial charge in [0.1, 0.15) is 5.69 Å². The maximum Gasteiger partial charge on any atom is 0.295 e. The molecular formula is C26H28N4O2. The molecule has 4 rings (SSSR count). The summed E-state index contributed by atoms with van der Waals surface area (Å²) >= 11 is 0. The quantitative estimate of drug-likeness (QED) is 0.432. The van der Waals surface area contributed by atoms with Crippen LogP contribution in [0.2, 0.25) is 0 Å². The fourth-order valence-corrected chi connectivity index (χ4v) is 4.28. The first-order chi connectivity index (χ1) is 15.3. The number of Topliss-reactive ketones (excluding diaryl/α,β-unsaturated/α-hetero) is 1. The Labute approximate surface area is 187 Å². The van der Waals surface area contributed by atoms with Crippen molar-refractivity contribution in [3.8, 4) is 11.4 Å². The first kappa shape index (κ1) is 21.4. The van der Waals surface area contributed by atoms with Gasteiger partial charge in [-0.05, 0) is 51.1 Å². The van der Waals surface area contributed by atoms with Crippen LogP contribution in [0.4, 0.5) is 5.69 Å². The van der Waals surface area contributed by atoms with Crippen molar-refractivity contribution in [1.82, 2.24) is 13.9 Å². The molecule has 2 heterocycles. The van der Waals surface area contributed by atoms with Crippen molar-refractivity contribution >= 4 is 11.5 Å². The minimum atomic E-state index is -0.113. The standard InChI is InChI=1S/C26H28N4O2/c1-18-16-23(24(31)17-27(4)21-12-8-6-9-13-21)19(2)29(18)25-20(3)28(5)30(26(25)32)22-14-10-7-11-15-22/h6-16H,17H2,1-5H3. The SMILES string of the molecule is Cc1cc(C(=O)CN(C)c2ccccc2)c(C)n1-c1c(C)n(C)n(-c2ccccc2)c1=O. The molecule has 0 aliphatic carbocycles. The smallest absolute Gasteiger partial charge is 0.295 e. The van der Waals surface area contributed by atoms with Crippen LogP contribution < -0.4 is 10.5 Å². The van der Waals surface area contributed by atoms with Crippen LogP contribution in [0.3, 0.4) is 0 Å². The van der Waals surface area contributed by atoms with Gasteiger partial charge >= 0.3 is 0 Å². The fraction of sp³-hybridized carbons (Fsp3) is 0.231. The monoisotopic (exact) mass is 428 g/mol. The van der Waals surface area contributed by atoms with Crippen molar-refractivity contribution in [2.24, 2.45) is 7.05 Å². The largest absolute Gasteiger partial charge is 0.367 e. The molecule has 0 aliphatic rings. The molecule has 0 spiro atoms. The van der Waals surface area contributed by atoms with Gasteiger partial charge in [-0.2, -0.15) is 0 Å². The maximum atomic E-state index is 13.5. The summed E-state index contributed by atoms with van der Waals surface area (Å²) in [5.74, 6) is 0.0210. The van der Waals surface area contributed by atoms with Crippen molar-refractivity contribution in [2.45, 2.75) is 20.8 Å². The van der Waals surface area contributed by atoms with Crippen LogP contribution in [-0.4, -0.2) is 33.3 Å². The van der Waals surface area contributed by atoms with Crippen molar-refractivity contribution in [3.63, 3.8) is 0 Å². The Morgan fingerprint density at radius 2 is 1.50 bits per heavy atom.